The summed E-state index contributed by atoms with van der Waals surface area (Å²) in [5.74, 6) is -1.20. The quantitative estimate of drug-likeness (QED) is 0.811. The van der Waals surface area contributed by atoms with E-state index in [1.54, 1.807) is 0 Å². The monoisotopic (exact) mass is 291 g/mol. The van der Waals surface area contributed by atoms with Gasteiger partial charge < -0.3 is 10.4 Å². The van der Waals surface area contributed by atoms with Gasteiger partial charge in [-0.1, -0.05) is 32.0 Å². The summed E-state index contributed by atoms with van der Waals surface area (Å²) < 4.78 is 0. The molecule has 1 aromatic carbocycles. The summed E-state index contributed by atoms with van der Waals surface area (Å²) in [6, 6.07) is 5.93. The summed E-state index contributed by atoms with van der Waals surface area (Å²) in [4.78, 5) is 23.2. The van der Waals surface area contributed by atoms with E-state index >= 15 is 0 Å². The number of nitrogens with one attached hydrogen (secondary N) is 1. The molecular formula is C17H25NO3. The average Bonchev–Trinajstić information content (AvgIpc) is 2.38. The van der Waals surface area contributed by atoms with Crippen molar-refractivity contribution in [2.75, 3.05) is 6.54 Å². The van der Waals surface area contributed by atoms with Crippen molar-refractivity contribution in [1.82, 2.24) is 5.32 Å². The highest BCUT2D eigenvalue weighted by Crippen LogP contribution is 2.14. The maximum atomic E-state index is 12.0. The largest absolute Gasteiger partial charge is 0.481 e. The fourth-order valence-corrected chi connectivity index (χ4v) is 2.43. The Morgan fingerprint density at radius 1 is 1.19 bits per heavy atom. The Bertz CT molecular complexity index is 489. The van der Waals surface area contributed by atoms with Gasteiger partial charge in [-0.3, -0.25) is 9.59 Å². The van der Waals surface area contributed by atoms with Crippen LogP contribution in [0, 0.1) is 25.7 Å². The third kappa shape index (κ3) is 5.58. The molecule has 0 aliphatic rings. The lowest BCUT2D eigenvalue weighted by Crippen LogP contribution is -2.34. The fraction of sp³-hybridized carbons (Fsp3) is 0.529. The first-order chi connectivity index (χ1) is 9.81. The molecule has 1 aromatic rings. The summed E-state index contributed by atoms with van der Waals surface area (Å²) in [5.41, 5.74) is 3.19. The number of carbonyl (C=O) groups excluding carboxylic acids is 1. The molecule has 116 valence electrons. The van der Waals surface area contributed by atoms with Gasteiger partial charge >= 0.3 is 5.97 Å². The van der Waals surface area contributed by atoms with Crippen molar-refractivity contribution in [3.05, 3.63) is 34.9 Å². The number of amides is 1. The third-order valence-electron chi connectivity index (χ3n) is 3.63. The van der Waals surface area contributed by atoms with Crippen molar-refractivity contribution < 1.29 is 14.7 Å². The van der Waals surface area contributed by atoms with Crippen LogP contribution in [-0.4, -0.2) is 23.5 Å². The summed E-state index contributed by atoms with van der Waals surface area (Å²) >= 11 is 0. The second-order valence-electron chi connectivity index (χ2n) is 6.02. The van der Waals surface area contributed by atoms with Gasteiger partial charge in [0.2, 0.25) is 5.91 Å². The third-order valence-corrected chi connectivity index (χ3v) is 3.63. The zero-order valence-corrected chi connectivity index (χ0v) is 13.3. The Kier molecular flexibility index (Phi) is 6.40. The second kappa shape index (κ2) is 7.81. The predicted molar refractivity (Wildman–Crippen MR) is 83.2 cm³/mol. The van der Waals surface area contributed by atoms with Crippen molar-refractivity contribution in [1.29, 1.82) is 0 Å². The van der Waals surface area contributed by atoms with Crippen molar-refractivity contribution >= 4 is 11.9 Å². The Morgan fingerprint density at radius 3 is 2.24 bits per heavy atom. The highest BCUT2D eigenvalue weighted by atomic mass is 16.4. The molecular weight excluding hydrogens is 266 g/mol. The van der Waals surface area contributed by atoms with Crippen molar-refractivity contribution in [3.8, 4) is 0 Å². The smallest absolute Gasteiger partial charge is 0.308 e. The van der Waals surface area contributed by atoms with Crippen LogP contribution < -0.4 is 5.32 Å². The highest BCUT2D eigenvalue weighted by Gasteiger charge is 2.20. The van der Waals surface area contributed by atoms with E-state index in [1.807, 2.05) is 45.9 Å². The molecule has 0 bridgehead atoms. The van der Waals surface area contributed by atoms with Gasteiger partial charge in [0.05, 0.1) is 12.3 Å². The van der Waals surface area contributed by atoms with Crippen LogP contribution in [0.25, 0.3) is 0 Å². The lowest BCUT2D eigenvalue weighted by Gasteiger charge is -2.16. The molecule has 4 nitrogen and oxygen atoms in total. The van der Waals surface area contributed by atoms with Gasteiger partial charge in [-0.05, 0) is 42.9 Å². The van der Waals surface area contributed by atoms with Crippen LogP contribution in [0.4, 0.5) is 0 Å². The maximum Gasteiger partial charge on any atom is 0.308 e. The van der Waals surface area contributed by atoms with Crippen LogP contribution in [0.1, 0.15) is 37.0 Å². The zero-order valence-electron chi connectivity index (χ0n) is 13.3. The minimum Gasteiger partial charge on any atom is -0.481 e. The summed E-state index contributed by atoms with van der Waals surface area (Å²) in [5, 5.41) is 11.9. The molecule has 0 saturated heterocycles. The molecule has 0 aliphatic carbocycles. The van der Waals surface area contributed by atoms with E-state index in [9.17, 15) is 9.59 Å². The van der Waals surface area contributed by atoms with Gasteiger partial charge in [0.25, 0.3) is 0 Å². The molecule has 0 radical (unpaired) electrons. The lowest BCUT2D eigenvalue weighted by atomic mass is 9.96. The zero-order chi connectivity index (χ0) is 16.0. The van der Waals surface area contributed by atoms with Gasteiger partial charge in [-0.25, -0.2) is 0 Å². The van der Waals surface area contributed by atoms with Gasteiger partial charge in [0, 0.05) is 6.54 Å². The van der Waals surface area contributed by atoms with Crippen LogP contribution in [0.15, 0.2) is 18.2 Å². The number of aryl methyl sites for hydroxylation is 2. The van der Waals surface area contributed by atoms with Crippen molar-refractivity contribution in [2.24, 2.45) is 11.8 Å². The number of hydrogen-bond donors (Lipinski definition) is 2. The molecule has 21 heavy (non-hydrogen) atoms. The molecule has 1 atom stereocenters. The SMILES string of the molecule is Cc1cccc(C)c1CC(=O)NCC(CC(C)C)C(=O)O. The first kappa shape index (κ1) is 17.2. The van der Waals surface area contributed by atoms with Gasteiger partial charge in [-0.15, -0.1) is 0 Å². The summed E-state index contributed by atoms with van der Waals surface area (Å²) in [6.45, 7) is 8.11. The molecule has 0 fully saturated rings. The molecule has 0 spiro atoms. The topological polar surface area (TPSA) is 66.4 Å². The Morgan fingerprint density at radius 2 is 1.76 bits per heavy atom. The van der Waals surface area contributed by atoms with Crippen LogP contribution in [0.3, 0.4) is 0 Å². The molecule has 0 aliphatic heterocycles. The van der Waals surface area contributed by atoms with Crippen molar-refractivity contribution in [3.63, 3.8) is 0 Å². The minimum absolute atomic E-state index is 0.123. The van der Waals surface area contributed by atoms with E-state index in [0.717, 1.165) is 16.7 Å². The van der Waals surface area contributed by atoms with Crippen LogP contribution in [-0.2, 0) is 16.0 Å². The number of hydrogen-bond acceptors (Lipinski definition) is 2. The Balaban J connectivity index is 2.59. The van der Waals surface area contributed by atoms with Crippen LogP contribution >= 0.6 is 0 Å². The maximum absolute atomic E-state index is 12.0. The first-order valence-electron chi connectivity index (χ1n) is 7.35. The molecule has 2 N–H and O–H groups in total. The number of rotatable bonds is 7. The van der Waals surface area contributed by atoms with E-state index in [0.29, 0.717) is 18.8 Å². The van der Waals surface area contributed by atoms with E-state index in [1.165, 1.54) is 0 Å². The minimum atomic E-state index is -0.851. The molecule has 1 unspecified atom stereocenters. The standard InChI is InChI=1S/C17H25NO3/c1-11(2)8-14(17(20)21)10-18-16(19)9-15-12(3)6-5-7-13(15)4/h5-7,11,14H,8-10H2,1-4H3,(H,18,19)(H,20,21). The van der Waals surface area contributed by atoms with Gasteiger partial charge in [0.15, 0.2) is 0 Å². The summed E-state index contributed by atoms with van der Waals surface area (Å²) in [7, 11) is 0. The fourth-order valence-electron chi connectivity index (χ4n) is 2.43. The number of carboxylic acids is 1. The predicted octanol–water partition coefficient (Wildman–Crippen LogP) is 2.71. The van der Waals surface area contributed by atoms with Gasteiger partial charge in [-0.2, -0.15) is 0 Å². The van der Waals surface area contributed by atoms with E-state index in [-0.39, 0.29) is 12.5 Å². The molecule has 0 heterocycles. The number of aliphatic carboxylic acids is 1. The van der Waals surface area contributed by atoms with E-state index < -0.39 is 11.9 Å². The molecule has 4 heteroatoms. The Hall–Kier alpha value is -1.84. The van der Waals surface area contributed by atoms with Crippen molar-refractivity contribution in [2.45, 2.75) is 40.5 Å². The van der Waals surface area contributed by atoms with Gasteiger partial charge in [0.1, 0.15) is 0 Å². The first-order valence-corrected chi connectivity index (χ1v) is 7.35. The number of benzene rings is 1. The molecule has 1 rings (SSSR count). The number of carbonyl (C=O) groups is 2. The highest BCUT2D eigenvalue weighted by molar-refractivity contribution is 5.80. The normalized spacial score (nSPS) is 12.2. The number of carboxylic acid groups (broad SMARTS) is 1. The Labute approximate surface area is 126 Å². The van der Waals surface area contributed by atoms with Crippen LogP contribution in [0.2, 0.25) is 0 Å². The lowest BCUT2D eigenvalue weighted by molar-refractivity contribution is -0.142. The second-order valence-corrected chi connectivity index (χ2v) is 6.02. The summed E-state index contributed by atoms with van der Waals surface area (Å²) in [6.07, 6.45) is 0.867. The molecule has 1 amide bonds. The average molecular weight is 291 g/mol. The molecule has 0 aromatic heterocycles. The van der Waals surface area contributed by atoms with E-state index in [2.05, 4.69) is 5.32 Å². The van der Waals surface area contributed by atoms with Crippen LogP contribution in [0.5, 0.6) is 0 Å². The van der Waals surface area contributed by atoms with E-state index in [4.69, 9.17) is 5.11 Å². The molecule has 0 saturated carbocycles.